The third-order valence-electron chi connectivity index (χ3n) is 2.73. The highest BCUT2D eigenvalue weighted by Gasteiger charge is 2.20. The molecule has 0 spiro atoms. The van der Waals surface area contributed by atoms with Crippen molar-refractivity contribution in [2.75, 3.05) is 0 Å². The van der Waals surface area contributed by atoms with E-state index in [2.05, 4.69) is 0 Å². The minimum absolute atomic E-state index is 0.254. The average molecular weight is 211 g/mol. The van der Waals surface area contributed by atoms with Gasteiger partial charge in [-0.3, -0.25) is 0 Å². The highest BCUT2D eigenvalue weighted by Crippen LogP contribution is 2.27. The largest absolute Gasteiger partial charge is 0.387 e. The lowest BCUT2D eigenvalue weighted by Gasteiger charge is -2.21. The predicted molar refractivity (Wildman–Crippen MR) is 59.2 cm³/mol. The zero-order valence-electron chi connectivity index (χ0n) is 9.63. The Morgan fingerprint density at radius 1 is 1.27 bits per heavy atom. The third-order valence-corrected chi connectivity index (χ3v) is 2.73. The first-order valence-electron chi connectivity index (χ1n) is 5.06. The monoisotopic (exact) mass is 211 g/mol. The predicted octanol–water partition coefficient (Wildman–Crippen LogP) is 2.13. The molecule has 15 heavy (non-hydrogen) atoms. The molecule has 1 aromatic rings. The van der Waals surface area contributed by atoms with E-state index in [4.69, 9.17) is 5.73 Å². The summed E-state index contributed by atoms with van der Waals surface area (Å²) in [4.78, 5) is 0. The Kier molecular flexibility index (Phi) is 3.47. The number of hydrogen-bond donors (Lipinski definition) is 2. The van der Waals surface area contributed by atoms with Gasteiger partial charge >= 0.3 is 0 Å². The molecule has 0 aliphatic heterocycles. The first-order chi connectivity index (χ1) is 6.86. The maximum absolute atomic E-state index is 13.6. The van der Waals surface area contributed by atoms with Gasteiger partial charge in [0.25, 0.3) is 0 Å². The fourth-order valence-corrected chi connectivity index (χ4v) is 1.89. The number of halogens is 1. The van der Waals surface area contributed by atoms with Crippen molar-refractivity contribution in [2.45, 2.75) is 39.8 Å². The van der Waals surface area contributed by atoms with E-state index >= 15 is 0 Å². The zero-order chi connectivity index (χ0) is 11.7. The lowest BCUT2D eigenvalue weighted by atomic mass is 9.92. The van der Waals surface area contributed by atoms with Crippen molar-refractivity contribution in [3.63, 3.8) is 0 Å². The summed E-state index contributed by atoms with van der Waals surface area (Å²) in [5.41, 5.74) is 8.23. The van der Waals surface area contributed by atoms with E-state index in [-0.39, 0.29) is 5.82 Å². The highest BCUT2D eigenvalue weighted by atomic mass is 19.1. The maximum atomic E-state index is 13.6. The minimum atomic E-state index is -0.805. The second kappa shape index (κ2) is 4.29. The molecule has 2 atom stereocenters. The van der Waals surface area contributed by atoms with Gasteiger partial charge < -0.3 is 10.8 Å². The Balaban J connectivity index is 3.36. The molecule has 1 aromatic carbocycles. The number of rotatable bonds is 2. The van der Waals surface area contributed by atoms with Crippen molar-refractivity contribution in [1.29, 1.82) is 0 Å². The van der Waals surface area contributed by atoms with Crippen LogP contribution in [0.1, 0.15) is 35.3 Å². The quantitative estimate of drug-likeness (QED) is 0.787. The van der Waals surface area contributed by atoms with Crippen LogP contribution in [0.2, 0.25) is 0 Å². The molecular weight excluding hydrogens is 193 g/mol. The number of nitrogens with two attached hydrogens (primary N) is 1. The topological polar surface area (TPSA) is 46.2 Å². The van der Waals surface area contributed by atoms with Crippen LogP contribution in [0.3, 0.4) is 0 Å². The minimum Gasteiger partial charge on any atom is -0.387 e. The zero-order valence-corrected chi connectivity index (χ0v) is 9.63. The molecule has 3 N–H and O–H groups in total. The number of aliphatic hydroxyl groups is 1. The summed E-state index contributed by atoms with van der Waals surface area (Å²) in [5, 5.41) is 9.88. The first kappa shape index (κ1) is 12.1. The van der Waals surface area contributed by atoms with Crippen LogP contribution in [0.15, 0.2) is 6.07 Å². The van der Waals surface area contributed by atoms with E-state index in [1.807, 2.05) is 6.92 Å². The summed E-state index contributed by atoms with van der Waals surface area (Å²) in [7, 11) is 0. The fourth-order valence-electron chi connectivity index (χ4n) is 1.89. The summed E-state index contributed by atoms with van der Waals surface area (Å²) < 4.78 is 13.6. The molecule has 0 heterocycles. The van der Waals surface area contributed by atoms with Crippen molar-refractivity contribution in [2.24, 2.45) is 5.73 Å². The summed E-state index contributed by atoms with van der Waals surface area (Å²) >= 11 is 0. The van der Waals surface area contributed by atoms with Crippen LogP contribution in [0.5, 0.6) is 0 Å². The molecule has 0 saturated carbocycles. The molecule has 3 heteroatoms. The Morgan fingerprint density at radius 2 is 1.80 bits per heavy atom. The van der Waals surface area contributed by atoms with Crippen LogP contribution in [0.25, 0.3) is 0 Å². The summed E-state index contributed by atoms with van der Waals surface area (Å²) in [6.45, 7) is 6.97. The third kappa shape index (κ3) is 2.19. The van der Waals surface area contributed by atoms with Crippen molar-refractivity contribution in [3.05, 3.63) is 34.1 Å². The number of aryl methyl sites for hydroxylation is 2. The van der Waals surface area contributed by atoms with Gasteiger partial charge in [-0.2, -0.15) is 0 Å². The standard InChI is InChI=1S/C12H18FNO/c1-6-5-7(2)11(13)8(3)10(6)12(15)9(4)14/h5,9,12,15H,14H2,1-4H3. The van der Waals surface area contributed by atoms with Crippen molar-refractivity contribution >= 4 is 0 Å². The molecule has 84 valence electrons. The van der Waals surface area contributed by atoms with Gasteiger partial charge in [-0.05, 0) is 49.9 Å². The van der Waals surface area contributed by atoms with Gasteiger partial charge in [-0.15, -0.1) is 0 Å². The SMILES string of the molecule is Cc1cc(C)c(C(O)C(C)N)c(C)c1F. The Morgan fingerprint density at radius 3 is 2.27 bits per heavy atom. The van der Waals surface area contributed by atoms with Gasteiger partial charge in [0.05, 0.1) is 6.10 Å². The van der Waals surface area contributed by atoms with Crippen LogP contribution in [0.4, 0.5) is 4.39 Å². The maximum Gasteiger partial charge on any atom is 0.129 e. The van der Waals surface area contributed by atoms with E-state index in [0.29, 0.717) is 16.7 Å². The molecule has 0 amide bonds. The molecule has 2 unspecified atom stereocenters. The van der Waals surface area contributed by atoms with Gasteiger partial charge in [0.1, 0.15) is 5.82 Å². The summed E-state index contributed by atoms with van der Waals surface area (Å²) in [6.07, 6.45) is -0.805. The molecule has 0 fully saturated rings. The van der Waals surface area contributed by atoms with E-state index in [9.17, 15) is 9.50 Å². The first-order valence-corrected chi connectivity index (χ1v) is 5.06. The molecule has 0 saturated heterocycles. The van der Waals surface area contributed by atoms with Gasteiger partial charge in [0.15, 0.2) is 0 Å². The number of hydrogen-bond acceptors (Lipinski definition) is 2. The molecule has 0 aromatic heterocycles. The lowest BCUT2D eigenvalue weighted by molar-refractivity contribution is 0.151. The Hall–Kier alpha value is -0.930. The highest BCUT2D eigenvalue weighted by molar-refractivity contribution is 5.40. The smallest absolute Gasteiger partial charge is 0.129 e. The molecule has 0 aliphatic rings. The number of benzene rings is 1. The summed E-state index contributed by atoms with van der Waals surface area (Å²) in [5.74, 6) is -0.254. The molecular formula is C12H18FNO. The van der Waals surface area contributed by atoms with Crippen LogP contribution in [-0.4, -0.2) is 11.1 Å². The van der Waals surface area contributed by atoms with E-state index in [1.54, 1.807) is 26.8 Å². The lowest BCUT2D eigenvalue weighted by Crippen LogP contribution is -2.26. The van der Waals surface area contributed by atoms with Crippen LogP contribution < -0.4 is 5.73 Å². The fraction of sp³-hybridized carbons (Fsp3) is 0.500. The molecule has 1 rings (SSSR count). The van der Waals surface area contributed by atoms with Crippen molar-refractivity contribution in [1.82, 2.24) is 0 Å². The van der Waals surface area contributed by atoms with E-state index < -0.39 is 12.1 Å². The van der Waals surface area contributed by atoms with Gasteiger partial charge in [-0.25, -0.2) is 4.39 Å². The van der Waals surface area contributed by atoms with Crippen LogP contribution >= 0.6 is 0 Å². The second-order valence-corrected chi connectivity index (χ2v) is 4.17. The van der Waals surface area contributed by atoms with Crippen molar-refractivity contribution in [3.8, 4) is 0 Å². The van der Waals surface area contributed by atoms with Crippen LogP contribution in [0, 0.1) is 26.6 Å². The average Bonchev–Trinajstić information content (AvgIpc) is 2.14. The van der Waals surface area contributed by atoms with E-state index in [1.165, 1.54) is 0 Å². The molecule has 0 bridgehead atoms. The van der Waals surface area contributed by atoms with Crippen LogP contribution in [-0.2, 0) is 0 Å². The molecule has 2 nitrogen and oxygen atoms in total. The summed E-state index contributed by atoms with van der Waals surface area (Å²) in [6, 6.07) is 1.34. The Bertz CT molecular complexity index is 374. The second-order valence-electron chi connectivity index (χ2n) is 4.17. The number of aliphatic hydroxyl groups excluding tert-OH is 1. The molecule has 0 radical (unpaired) electrons. The Labute approximate surface area is 89.9 Å². The van der Waals surface area contributed by atoms with Gasteiger partial charge in [-0.1, -0.05) is 6.07 Å². The van der Waals surface area contributed by atoms with Gasteiger partial charge in [0, 0.05) is 6.04 Å². The van der Waals surface area contributed by atoms with Crippen molar-refractivity contribution < 1.29 is 9.50 Å². The van der Waals surface area contributed by atoms with E-state index in [0.717, 1.165) is 5.56 Å². The molecule has 0 aliphatic carbocycles. The normalized spacial score (nSPS) is 15.1. The van der Waals surface area contributed by atoms with Gasteiger partial charge in [0.2, 0.25) is 0 Å².